The molecule has 6 aromatic rings. The lowest BCUT2D eigenvalue weighted by molar-refractivity contribution is -0.0639. The Morgan fingerprint density at radius 1 is 0.657 bits per heavy atom. The highest BCUT2D eigenvalue weighted by atomic mass is 16.5. The number of carbonyl (C=O) groups excluding carboxylic acids is 4. The van der Waals surface area contributed by atoms with E-state index in [9.17, 15) is 19.2 Å². The van der Waals surface area contributed by atoms with Crippen LogP contribution in [0.3, 0.4) is 0 Å². The molecule has 0 saturated carbocycles. The van der Waals surface area contributed by atoms with E-state index < -0.39 is 23.8 Å². The van der Waals surface area contributed by atoms with E-state index in [2.05, 4.69) is 25.7 Å². The third-order valence-electron chi connectivity index (χ3n) is 12.1. The average Bonchev–Trinajstić information content (AvgIpc) is 4.13. The van der Waals surface area contributed by atoms with E-state index in [4.69, 9.17) is 33.7 Å². The summed E-state index contributed by atoms with van der Waals surface area (Å²) in [5.74, 6) is -0.813. The molecule has 2 atom stereocenters. The Labute approximate surface area is 386 Å². The number of carbonyl (C=O) groups is 4. The zero-order chi connectivity index (χ0) is 46.9. The molecule has 352 valence electrons. The van der Waals surface area contributed by atoms with Gasteiger partial charge in [-0.05, 0) is 90.8 Å². The third-order valence-corrected chi connectivity index (χ3v) is 12.1. The van der Waals surface area contributed by atoms with Crippen molar-refractivity contribution in [1.82, 2.24) is 43.6 Å². The minimum atomic E-state index is -0.551. The normalized spacial score (nSPS) is 18.2. The summed E-state index contributed by atoms with van der Waals surface area (Å²) in [5.41, 5.74) is 4.43. The maximum absolute atomic E-state index is 14.0. The lowest BCUT2D eigenvalue weighted by Crippen LogP contribution is -2.52. The predicted octanol–water partition coefficient (Wildman–Crippen LogP) is 5.55. The van der Waals surface area contributed by atoms with Gasteiger partial charge >= 0.3 is 11.9 Å². The summed E-state index contributed by atoms with van der Waals surface area (Å²) in [6, 6.07) is 9.61. The molecule has 2 unspecified atom stereocenters. The molecule has 2 fully saturated rings. The lowest BCUT2D eigenvalue weighted by Gasteiger charge is -2.37. The van der Waals surface area contributed by atoms with E-state index in [-0.39, 0.29) is 80.8 Å². The van der Waals surface area contributed by atoms with Gasteiger partial charge in [-0.15, -0.1) is 0 Å². The molecule has 0 aliphatic carbocycles. The second kappa shape index (κ2) is 19.0. The summed E-state index contributed by atoms with van der Waals surface area (Å²) in [5, 5.41) is 15.0. The molecule has 7 heterocycles. The van der Waals surface area contributed by atoms with E-state index in [1.807, 2.05) is 49.0 Å². The molecule has 2 N–H and O–H groups in total. The number of benzene rings is 2. The number of allylic oxidation sites excluding steroid dienone is 2. The first-order valence-corrected chi connectivity index (χ1v) is 22.9. The van der Waals surface area contributed by atoms with Gasteiger partial charge in [0.25, 0.3) is 11.8 Å². The molecular weight excluding hydrogens is 863 g/mol. The standard InChI is InChI=1S/C47H55N11O9/c1-7-57-36(17-27(5)52-57)42(59)50-46-48-34-19-29(44(61)63-9-3)21-38-40(34)55(46)15-11-12-16-56-41-35(49-47(56)51-43(60)37-18-28(6)53-58(37)8-2)20-30(45(62)64-10-4)22-39(41)66-26-31(25-65-38)54-23-32-13-14-33(24-54)67-32/h11-12,17-22,31-33H,7-10,13-16,23-26H2,1-6H3,(H,48,50,59)(H,49,51,60)/b12-11+. The van der Waals surface area contributed by atoms with Crippen molar-refractivity contribution in [2.45, 2.75) is 98.8 Å². The number of morpholine rings is 1. The number of hydrogen-bond acceptors (Lipinski definition) is 14. The maximum Gasteiger partial charge on any atom is 0.338 e. The first kappa shape index (κ1) is 45.1. The molecule has 4 aromatic heterocycles. The van der Waals surface area contributed by atoms with E-state index in [1.165, 1.54) is 0 Å². The number of likely N-dealkylation sites (tertiary alicyclic amines) is 1. The van der Waals surface area contributed by atoms with Crippen molar-refractivity contribution in [2.75, 3.05) is 50.2 Å². The van der Waals surface area contributed by atoms with Crippen LogP contribution in [0.2, 0.25) is 0 Å². The Hall–Kier alpha value is -7.06. The number of fused-ring (bicyclic) bond motifs is 2. The first-order chi connectivity index (χ1) is 32.4. The van der Waals surface area contributed by atoms with Crippen LogP contribution >= 0.6 is 0 Å². The van der Waals surface area contributed by atoms with Gasteiger partial charge in [-0.2, -0.15) is 10.2 Å². The van der Waals surface area contributed by atoms with Crippen molar-refractivity contribution in [3.8, 4) is 11.5 Å². The highest BCUT2D eigenvalue weighted by molar-refractivity contribution is 6.05. The number of nitrogens with zero attached hydrogens (tertiary/aromatic N) is 9. The van der Waals surface area contributed by atoms with Gasteiger partial charge in [0, 0.05) is 39.3 Å². The van der Waals surface area contributed by atoms with Gasteiger partial charge in [0.05, 0.1) is 65.0 Å². The number of amides is 2. The van der Waals surface area contributed by atoms with Crippen LogP contribution in [0.15, 0.2) is 48.6 Å². The van der Waals surface area contributed by atoms with E-state index >= 15 is 0 Å². The fourth-order valence-corrected chi connectivity index (χ4v) is 9.10. The molecular formula is C47H55N11O9. The van der Waals surface area contributed by atoms with E-state index in [0.717, 1.165) is 12.8 Å². The number of rotatable bonds is 11. The van der Waals surface area contributed by atoms with Crippen molar-refractivity contribution in [2.24, 2.45) is 0 Å². The van der Waals surface area contributed by atoms with Gasteiger partial charge in [0.2, 0.25) is 11.9 Å². The first-order valence-electron chi connectivity index (χ1n) is 22.9. The van der Waals surface area contributed by atoms with Gasteiger partial charge in [-0.1, -0.05) is 12.2 Å². The summed E-state index contributed by atoms with van der Waals surface area (Å²) < 4.78 is 37.7. The minimum Gasteiger partial charge on any atom is -0.490 e. The number of hydrogen-bond donors (Lipinski definition) is 2. The van der Waals surface area contributed by atoms with Crippen molar-refractivity contribution in [3.63, 3.8) is 0 Å². The van der Waals surface area contributed by atoms with E-state index in [1.54, 1.807) is 59.6 Å². The van der Waals surface area contributed by atoms with Crippen LogP contribution < -0.4 is 20.1 Å². The monoisotopic (exact) mass is 917 g/mol. The Bertz CT molecular complexity index is 2720. The summed E-state index contributed by atoms with van der Waals surface area (Å²) in [4.78, 5) is 66.8. The molecule has 67 heavy (non-hydrogen) atoms. The number of aromatic nitrogens is 8. The summed E-state index contributed by atoms with van der Waals surface area (Å²) >= 11 is 0. The van der Waals surface area contributed by atoms with Crippen molar-refractivity contribution in [3.05, 3.63) is 82.5 Å². The fraction of sp³-hybridized carbons (Fsp3) is 0.447. The predicted molar refractivity (Wildman–Crippen MR) is 246 cm³/mol. The molecule has 20 nitrogen and oxygen atoms in total. The fourth-order valence-electron chi connectivity index (χ4n) is 9.10. The van der Waals surface area contributed by atoms with Crippen molar-refractivity contribution < 1.29 is 42.9 Å². The van der Waals surface area contributed by atoms with Crippen LogP contribution in [-0.2, 0) is 40.4 Å². The Balaban J connectivity index is 1.19. The summed E-state index contributed by atoms with van der Waals surface area (Å²) in [6.45, 7) is 14.1. The van der Waals surface area contributed by atoms with Crippen LogP contribution in [0.4, 0.5) is 11.9 Å². The zero-order valence-corrected chi connectivity index (χ0v) is 38.5. The molecule has 2 aromatic carbocycles. The average molecular weight is 918 g/mol. The van der Waals surface area contributed by atoms with Gasteiger partial charge < -0.3 is 32.8 Å². The van der Waals surface area contributed by atoms with Gasteiger partial charge in [0.1, 0.15) is 47.1 Å². The quantitative estimate of drug-likeness (QED) is 0.121. The highest BCUT2D eigenvalue weighted by Crippen LogP contribution is 2.36. The van der Waals surface area contributed by atoms with Crippen LogP contribution in [0.5, 0.6) is 11.5 Å². The molecule has 0 radical (unpaired) electrons. The molecule has 3 aliphatic heterocycles. The second-order valence-corrected chi connectivity index (χ2v) is 16.8. The lowest BCUT2D eigenvalue weighted by atomic mass is 10.1. The molecule has 2 bridgehead atoms. The topological polar surface area (TPSA) is 213 Å². The summed E-state index contributed by atoms with van der Waals surface area (Å²) in [7, 11) is 0. The molecule has 0 spiro atoms. The molecule has 2 saturated heterocycles. The van der Waals surface area contributed by atoms with Crippen molar-refractivity contribution >= 4 is 57.7 Å². The smallest absolute Gasteiger partial charge is 0.338 e. The van der Waals surface area contributed by atoms with Gasteiger partial charge in [0.15, 0.2) is 0 Å². The largest absolute Gasteiger partial charge is 0.490 e. The third kappa shape index (κ3) is 9.10. The number of anilines is 2. The summed E-state index contributed by atoms with van der Waals surface area (Å²) in [6.07, 6.45) is 5.75. The Morgan fingerprint density at radius 2 is 1.10 bits per heavy atom. The second-order valence-electron chi connectivity index (χ2n) is 16.8. The molecule has 3 aliphatic rings. The Morgan fingerprint density at radius 3 is 1.52 bits per heavy atom. The van der Waals surface area contributed by atoms with Crippen LogP contribution in [0.25, 0.3) is 22.1 Å². The molecule has 20 heteroatoms. The molecule has 9 rings (SSSR count). The minimum absolute atomic E-state index is 0.0416. The maximum atomic E-state index is 14.0. The number of imidazole rings is 2. The zero-order valence-electron chi connectivity index (χ0n) is 38.5. The number of ether oxygens (including phenoxy) is 5. The highest BCUT2D eigenvalue weighted by Gasteiger charge is 2.38. The van der Waals surface area contributed by atoms with Crippen LogP contribution in [0, 0.1) is 13.8 Å². The number of esters is 2. The van der Waals surface area contributed by atoms with Crippen molar-refractivity contribution in [1.29, 1.82) is 0 Å². The van der Waals surface area contributed by atoms with Crippen LogP contribution in [-0.4, -0.2) is 125 Å². The SMILES string of the molecule is CCOC(=O)c1cc2c3c(c1)nc(NC(=O)c1cc(C)nn1CC)n3C/C=C/Cn1c(NC(=O)c3cc(C)nn3CC)nc3cc(C(=O)OCC)cc(c31)OCC(N1CC3CCC(C1)O3)CO2. The number of aryl methyl sites for hydroxylation is 4. The molecule has 2 amide bonds. The van der Waals surface area contributed by atoms with E-state index in [0.29, 0.717) is 82.5 Å². The van der Waals surface area contributed by atoms with Gasteiger partial charge in [-0.25, -0.2) is 19.6 Å². The number of nitrogens with one attached hydrogen (secondary N) is 2. The van der Waals surface area contributed by atoms with Crippen LogP contribution in [0.1, 0.15) is 93.6 Å². The van der Waals surface area contributed by atoms with Gasteiger partial charge in [-0.3, -0.25) is 34.5 Å². The Kier molecular flexibility index (Phi) is 12.8.